The van der Waals surface area contributed by atoms with E-state index in [1.807, 2.05) is 19.9 Å². The number of carbonyl (C=O) groups excluding carboxylic acids is 1. The van der Waals surface area contributed by atoms with Crippen LogP contribution in [0.25, 0.3) is 5.78 Å². The minimum Gasteiger partial charge on any atom is -0.379 e. The smallest absolute Gasteiger partial charge is 0.256 e. The van der Waals surface area contributed by atoms with Crippen LogP contribution in [0.3, 0.4) is 0 Å². The van der Waals surface area contributed by atoms with Crippen LogP contribution in [-0.2, 0) is 19.6 Å². The van der Waals surface area contributed by atoms with Crippen molar-refractivity contribution in [2.45, 2.75) is 23.9 Å². The van der Waals surface area contributed by atoms with Crippen molar-refractivity contribution in [1.29, 1.82) is 0 Å². The zero-order valence-corrected chi connectivity index (χ0v) is 18.7. The van der Waals surface area contributed by atoms with E-state index in [4.69, 9.17) is 4.74 Å². The average molecular weight is 463 g/mol. The van der Waals surface area contributed by atoms with Gasteiger partial charge >= 0.3 is 0 Å². The van der Waals surface area contributed by atoms with E-state index in [-0.39, 0.29) is 16.6 Å². The van der Waals surface area contributed by atoms with Gasteiger partial charge < -0.3 is 10.1 Å². The number of benzene rings is 1. The summed E-state index contributed by atoms with van der Waals surface area (Å²) in [7, 11) is -3.56. The number of morpholine rings is 1. The zero-order chi connectivity index (χ0) is 22.0. The Morgan fingerprint density at radius 3 is 2.58 bits per heavy atom. The summed E-state index contributed by atoms with van der Waals surface area (Å²) in [5.41, 5.74) is 2.31. The minimum absolute atomic E-state index is 0.127. The second kappa shape index (κ2) is 8.91. The van der Waals surface area contributed by atoms with Crippen molar-refractivity contribution in [3.8, 4) is 0 Å². The Kier molecular flexibility index (Phi) is 6.23. The van der Waals surface area contributed by atoms with Crippen LogP contribution in [-0.4, -0.2) is 70.3 Å². The highest BCUT2D eigenvalue weighted by Crippen LogP contribution is 2.21. The molecule has 0 bridgehead atoms. The number of hydrogen-bond donors (Lipinski definition) is 1. The van der Waals surface area contributed by atoms with E-state index in [1.54, 1.807) is 16.5 Å². The third-order valence-corrected chi connectivity index (χ3v) is 7.58. The van der Waals surface area contributed by atoms with Crippen molar-refractivity contribution in [2.24, 2.45) is 0 Å². The van der Waals surface area contributed by atoms with Crippen LogP contribution >= 0.6 is 11.8 Å². The predicted molar refractivity (Wildman–Crippen MR) is 116 cm³/mol. The molecule has 0 radical (unpaired) electrons. The van der Waals surface area contributed by atoms with Gasteiger partial charge in [-0.2, -0.15) is 4.31 Å². The largest absolute Gasteiger partial charge is 0.379 e. The summed E-state index contributed by atoms with van der Waals surface area (Å²) >= 11 is 1.25. The number of carbonyl (C=O) groups is 1. The Morgan fingerprint density at radius 2 is 1.87 bits per heavy atom. The zero-order valence-electron chi connectivity index (χ0n) is 17.1. The number of hydrogen-bond acceptors (Lipinski definition) is 8. The summed E-state index contributed by atoms with van der Waals surface area (Å²) < 4.78 is 33.8. The van der Waals surface area contributed by atoms with Crippen molar-refractivity contribution in [3.05, 3.63) is 41.7 Å². The molecule has 0 unspecified atom stereocenters. The van der Waals surface area contributed by atoms with Gasteiger partial charge in [-0.25, -0.2) is 13.4 Å². The monoisotopic (exact) mass is 462 g/mol. The third kappa shape index (κ3) is 4.71. The SMILES string of the molecule is Cc1cc(C)n2c(SCC(=O)Nc3ccc(S(=O)(=O)N4CCOCC4)cc3)nnc2n1. The number of nitrogens with one attached hydrogen (secondary N) is 1. The minimum atomic E-state index is -3.56. The average Bonchev–Trinajstić information content (AvgIpc) is 3.16. The van der Waals surface area contributed by atoms with Gasteiger partial charge in [0.05, 0.1) is 23.9 Å². The summed E-state index contributed by atoms with van der Waals surface area (Å²) in [5.74, 6) is 0.391. The van der Waals surface area contributed by atoms with E-state index >= 15 is 0 Å². The molecular weight excluding hydrogens is 440 g/mol. The highest BCUT2D eigenvalue weighted by molar-refractivity contribution is 7.99. The first-order chi connectivity index (χ1) is 14.8. The molecule has 3 heterocycles. The van der Waals surface area contributed by atoms with E-state index in [9.17, 15) is 13.2 Å². The number of thioether (sulfide) groups is 1. The summed E-state index contributed by atoms with van der Waals surface area (Å²) in [5, 5.41) is 11.5. The molecule has 1 fully saturated rings. The molecule has 3 aromatic rings. The van der Waals surface area contributed by atoms with Crippen molar-refractivity contribution < 1.29 is 17.9 Å². The first kappa shape index (κ1) is 21.7. The Balaban J connectivity index is 1.38. The van der Waals surface area contributed by atoms with Crippen molar-refractivity contribution in [2.75, 3.05) is 37.4 Å². The second-order valence-electron chi connectivity index (χ2n) is 7.03. The van der Waals surface area contributed by atoms with Crippen molar-refractivity contribution in [3.63, 3.8) is 0 Å². The van der Waals surface area contributed by atoms with Crippen LogP contribution in [0.5, 0.6) is 0 Å². The fraction of sp³-hybridized carbons (Fsp3) is 0.368. The molecule has 10 nitrogen and oxygen atoms in total. The number of ether oxygens (including phenoxy) is 1. The van der Waals surface area contributed by atoms with Gasteiger partial charge in [-0.1, -0.05) is 11.8 Å². The molecule has 31 heavy (non-hydrogen) atoms. The van der Waals surface area contributed by atoms with Gasteiger partial charge in [-0.3, -0.25) is 9.20 Å². The molecule has 0 atom stereocenters. The van der Waals surface area contributed by atoms with Gasteiger partial charge in [0.25, 0.3) is 5.78 Å². The molecule has 0 spiro atoms. The number of aromatic nitrogens is 4. The highest BCUT2D eigenvalue weighted by atomic mass is 32.2. The predicted octanol–water partition coefficient (Wildman–Crippen LogP) is 1.49. The van der Waals surface area contributed by atoms with E-state index in [1.165, 1.54) is 28.2 Å². The number of aryl methyl sites for hydroxylation is 2. The number of anilines is 1. The van der Waals surface area contributed by atoms with Gasteiger partial charge in [0.15, 0.2) is 5.16 Å². The number of sulfonamides is 1. The molecule has 12 heteroatoms. The normalized spacial score (nSPS) is 15.3. The van der Waals surface area contributed by atoms with Crippen LogP contribution in [0.2, 0.25) is 0 Å². The molecule has 0 aliphatic carbocycles. The fourth-order valence-corrected chi connectivity index (χ4v) is 5.46. The number of fused-ring (bicyclic) bond motifs is 1. The lowest BCUT2D eigenvalue weighted by molar-refractivity contribution is -0.113. The Morgan fingerprint density at radius 1 is 1.16 bits per heavy atom. The van der Waals surface area contributed by atoms with E-state index in [2.05, 4.69) is 20.5 Å². The Bertz CT molecular complexity index is 1200. The molecule has 1 aliphatic rings. The molecule has 164 valence electrons. The maximum atomic E-state index is 12.7. The lowest BCUT2D eigenvalue weighted by atomic mass is 10.3. The topological polar surface area (TPSA) is 119 Å². The maximum absolute atomic E-state index is 12.7. The Hall–Kier alpha value is -2.54. The standard InChI is InChI=1S/C19H22N6O4S2/c1-13-11-14(2)25-18(20-13)22-23-19(25)30-12-17(26)21-15-3-5-16(6-4-15)31(27,28)24-7-9-29-10-8-24/h3-6,11H,7-10,12H2,1-2H3,(H,21,26). The molecule has 2 aromatic heterocycles. The molecular formula is C19H22N6O4S2. The van der Waals surface area contributed by atoms with Crippen molar-refractivity contribution >= 4 is 39.2 Å². The van der Waals surface area contributed by atoms with Gasteiger partial charge in [-0.15, -0.1) is 10.2 Å². The van der Waals surface area contributed by atoms with Crippen LogP contribution in [0.4, 0.5) is 5.69 Å². The lowest BCUT2D eigenvalue weighted by Crippen LogP contribution is -2.40. The van der Waals surface area contributed by atoms with Crippen LogP contribution < -0.4 is 5.32 Å². The van der Waals surface area contributed by atoms with E-state index < -0.39 is 10.0 Å². The molecule has 1 amide bonds. The van der Waals surface area contributed by atoms with Gasteiger partial charge in [0.2, 0.25) is 15.9 Å². The number of amides is 1. The van der Waals surface area contributed by atoms with Crippen molar-refractivity contribution in [1.82, 2.24) is 23.9 Å². The summed E-state index contributed by atoms with van der Waals surface area (Å²) in [4.78, 5) is 16.9. The van der Waals surface area contributed by atoms with E-state index in [0.29, 0.717) is 42.9 Å². The van der Waals surface area contributed by atoms with Gasteiger partial charge in [-0.05, 0) is 44.2 Å². The van der Waals surface area contributed by atoms with Gasteiger partial charge in [0, 0.05) is 30.2 Å². The van der Waals surface area contributed by atoms with Crippen LogP contribution in [0, 0.1) is 13.8 Å². The summed E-state index contributed by atoms with van der Waals surface area (Å²) in [6, 6.07) is 8.08. The first-order valence-corrected chi connectivity index (χ1v) is 12.1. The number of nitrogens with zero attached hydrogens (tertiary/aromatic N) is 5. The lowest BCUT2D eigenvalue weighted by Gasteiger charge is -2.26. The van der Waals surface area contributed by atoms with Crippen LogP contribution in [0.15, 0.2) is 40.4 Å². The molecule has 1 aromatic carbocycles. The van der Waals surface area contributed by atoms with Crippen LogP contribution in [0.1, 0.15) is 11.4 Å². The summed E-state index contributed by atoms with van der Waals surface area (Å²) in [6.07, 6.45) is 0. The highest BCUT2D eigenvalue weighted by Gasteiger charge is 2.26. The third-order valence-electron chi connectivity index (χ3n) is 4.74. The molecule has 1 aliphatic heterocycles. The van der Waals surface area contributed by atoms with Gasteiger partial charge in [0.1, 0.15) is 0 Å². The fourth-order valence-electron chi connectivity index (χ4n) is 3.27. The molecule has 4 rings (SSSR count). The molecule has 0 saturated carbocycles. The summed E-state index contributed by atoms with van der Waals surface area (Å²) in [6.45, 7) is 5.28. The molecule has 1 saturated heterocycles. The number of rotatable bonds is 6. The Labute approximate surface area is 184 Å². The maximum Gasteiger partial charge on any atom is 0.256 e. The quantitative estimate of drug-likeness (QED) is 0.548. The first-order valence-electron chi connectivity index (χ1n) is 9.64. The molecule has 1 N–H and O–H groups in total. The van der Waals surface area contributed by atoms with E-state index in [0.717, 1.165) is 11.4 Å². The second-order valence-corrected chi connectivity index (χ2v) is 9.92.